The summed E-state index contributed by atoms with van der Waals surface area (Å²) in [5.41, 5.74) is 0. The maximum Gasteiger partial charge on any atom is 0.306 e. The summed E-state index contributed by atoms with van der Waals surface area (Å²) in [6.45, 7) is 3.92. The Balaban J connectivity index is 3.54. The molecular weight excluding hydrogens is 1080 g/mol. The molecule has 496 valence electrons. The minimum Gasteiger partial charge on any atom is -0.462 e. The fraction of sp³-hybridized carbons (Fsp3) is 0.614. The van der Waals surface area contributed by atoms with Gasteiger partial charge in [0.1, 0.15) is 6.61 Å². The smallest absolute Gasteiger partial charge is 0.306 e. The van der Waals surface area contributed by atoms with Gasteiger partial charge in [0.25, 0.3) is 0 Å². The Morgan fingerprint density at radius 2 is 0.455 bits per heavy atom. The first-order chi connectivity index (χ1) is 43.6. The number of rotatable bonds is 65. The molecule has 0 spiro atoms. The Labute approximate surface area is 544 Å². The first-order valence-corrected chi connectivity index (χ1v) is 36.3. The third kappa shape index (κ3) is 73.5. The SMILES string of the molecule is CC/C=C\C/C=C\C/C=C\C/C=C\C/C=C\C/C=C\C/C=C\C/C=C\C/C=C\C/C=C\CCCCCCCCCCC(=O)OC(CO)COC(=O)CCCCCCCCCCCCCCCCCCCCC/C=C\C/C=C\C/C=C\C/C=C\C/C=C\CC. The number of esters is 2. The van der Waals surface area contributed by atoms with E-state index in [1.807, 2.05) is 0 Å². The molecule has 88 heavy (non-hydrogen) atoms. The summed E-state index contributed by atoms with van der Waals surface area (Å²) < 4.78 is 10.8. The predicted octanol–water partition coefficient (Wildman–Crippen LogP) is 25.8. The van der Waals surface area contributed by atoms with Crippen molar-refractivity contribution in [3.05, 3.63) is 182 Å². The summed E-state index contributed by atoms with van der Waals surface area (Å²) >= 11 is 0. The molecule has 0 aliphatic rings. The lowest BCUT2D eigenvalue weighted by Gasteiger charge is -2.15. The van der Waals surface area contributed by atoms with Crippen LogP contribution in [-0.4, -0.2) is 36.4 Å². The number of unbranched alkanes of at least 4 members (excludes halogenated alkanes) is 27. The Morgan fingerprint density at radius 3 is 0.682 bits per heavy atom. The van der Waals surface area contributed by atoms with Gasteiger partial charge in [-0.1, -0.05) is 344 Å². The Bertz CT molecular complexity index is 1960. The van der Waals surface area contributed by atoms with Crippen molar-refractivity contribution in [3.8, 4) is 0 Å². The van der Waals surface area contributed by atoms with Crippen molar-refractivity contribution in [1.29, 1.82) is 0 Å². The number of carbonyl (C=O) groups excluding carboxylic acids is 2. The molecule has 0 fully saturated rings. The van der Waals surface area contributed by atoms with Crippen molar-refractivity contribution in [1.82, 2.24) is 0 Å². The van der Waals surface area contributed by atoms with Crippen LogP contribution in [0, 0.1) is 0 Å². The van der Waals surface area contributed by atoms with E-state index in [-0.39, 0.29) is 25.2 Å². The lowest BCUT2D eigenvalue weighted by atomic mass is 10.0. The highest BCUT2D eigenvalue weighted by molar-refractivity contribution is 5.70. The minimum atomic E-state index is -0.789. The first-order valence-electron chi connectivity index (χ1n) is 36.3. The summed E-state index contributed by atoms with van der Waals surface area (Å²) in [5, 5.41) is 9.71. The number of hydrogen-bond acceptors (Lipinski definition) is 5. The normalized spacial score (nSPS) is 13.4. The molecule has 0 aromatic heterocycles. The van der Waals surface area contributed by atoms with Crippen LogP contribution in [0.3, 0.4) is 0 Å². The van der Waals surface area contributed by atoms with Gasteiger partial charge in [0.05, 0.1) is 6.61 Å². The van der Waals surface area contributed by atoms with Gasteiger partial charge in [0.2, 0.25) is 0 Å². The Hall–Kier alpha value is -5.00. The molecule has 0 radical (unpaired) electrons. The lowest BCUT2D eigenvalue weighted by Crippen LogP contribution is -2.28. The van der Waals surface area contributed by atoms with Crippen molar-refractivity contribution >= 4 is 11.9 Å². The fourth-order valence-electron chi connectivity index (χ4n) is 9.85. The quantitative estimate of drug-likeness (QED) is 0.0373. The van der Waals surface area contributed by atoms with E-state index in [0.717, 1.165) is 141 Å². The highest BCUT2D eigenvalue weighted by Gasteiger charge is 2.16. The van der Waals surface area contributed by atoms with E-state index in [9.17, 15) is 14.7 Å². The van der Waals surface area contributed by atoms with Crippen LogP contribution in [0.5, 0.6) is 0 Å². The van der Waals surface area contributed by atoms with Crippen molar-refractivity contribution < 1.29 is 24.2 Å². The molecule has 0 saturated heterocycles. The average molecular weight is 1210 g/mol. The molecule has 0 saturated carbocycles. The standard InChI is InChI=1S/C83H134O5/c1-3-5-7-9-11-13-15-17-19-21-23-25-27-29-31-33-35-37-39-40-41-42-44-46-48-50-52-54-56-58-60-62-64-66-68-70-72-74-76-78-83(86)88-81(79-84)80-87-82(85)77-75-73-71-69-67-65-63-61-59-57-55-53-51-49-47-45-43-38-36-34-32-30-28-26-24-22-20-18-16-14-12-10-8-6-4-2/h5-8,11-14,17-20,23-26,29-32,35,37,40-41,44,46,50,52,56,58,81,84H,3-4,9-10,15-16,21-22,27-28,33-34,36,38-39,42-43,45,47-49,51,53-55,57,59-80H2,1-2H3/b7-5-,8-6-,13-11-,14-12-,19-17-,20-18-,25-23-,26-24-,31-29-,32-30-,37-35-,41-40-,46-44-,52-50-,58-56-. The van der Waals surface area contributed by atoms with Gasteiger partial charge in [-0.05, 0) is 135 Å². The van der Waals surface area contributed by atoms with Crippen LogP contribution >= 0.6 is 0 Å². The zero-order valence-corrected chi connectivity index (χ0v) is 56.9. The molecule has 1 unspecified atom stereocenters. The molecule has 5 nitrogen and oxygen atoms in total. The molecule has 0 amide bonds. The van der Waals surface area contributed by atoms with Crippen LogP contribution in [0.25, 0.3) is 0 Å². The highest BCUT2D eigenvalue weighted by atomic mass is 16.6. The summed E-state index contributed by atoms with van der Waals surface area (Å²) in [7, 11) is 0. The van der Waals surface area contributed by atoms with Crippen LogP contribution in [0.2, 0.25) is 0 Å². The summed E-state index contributed by atoms with van der Waals surface area (Å²) in [6, 6.07) is 0. The third-order valence-electron chi connectivity index (χ3n) is 15.2. The predicted molar refractivity (Wildman–Crippen MR) is 389 cm³/mol. The van der Waals surface area contributed by atoms with E-state index in [4.69, 9.17) is 9.47 Å². The van der Waals surface area contributed by atoms with Gasteiger partial charge in [-0.2, -0.15) is 0 Å². The van der Waals surface area contributed by atoms with Gasteiger partial charge < -0.3 is 14.6 Å². The number of aliphatic hydroxyl groups excluding tert-OH is 1. The number of aliphatic hydroxyl groups is 1. The van der Waals surface area contributed by atoms with Crippen LogP contribution in [0.4, 0.5) is 0 Å². The topological polar surface area (TPSA) is 72.8 Å². The fourth-order valence-corrected chi connectivity index (χ4v) is 9.85. The van der Waals surface area contributed by atoms with Gasteiger partial charge >= 0.3 is 11.9 Å². The second kappa shape index (κ2) is 76.2. The van der Waals surface area contributed by atoms with Crippen LogP contribution in [-0.2, 0) is 19.1 Å². The van der Waals surface area contributed by atoms with Crippen LogP contribution in [0.15, 0.2) is 182 Å². The monoisotopic (exact) mass is 1210 g/mol. The third-order valence-corrected chi connectivity index (χ3v) is 15.2. The minimum absolute atomic E-state index is 0.0766. The Morgan fingerprint density at radius 1 is 0.261 bits per heavy atom. The van der Waals surface area contributed by atoms with Crippen molar-refractivity contribution in [2.24, 2.45) is 0 Å². The summed E-state index contributed by atoms with van der Waals surface area (Å²) in [6.07, 6.45) is 119. The summed E-state index contributed by atoms with van der Waals surface area (Å²) in [4.78, 5) is 24.7. The molecule has 0 aromatic carbocycles. The van der Waals surface area contributed by atoms with E-state index in [1.54, 1.807) is 0 Å². The highest BCUT2D eigenvalue weighted by Crippen LogP contribution is 2.17. The zero-order valence-electron chi connectivity index (χ0n) is 56.9. The molecule has 5 heteroatoms. The number of allylic oxidation sites excluding steroid dienone is 30. The maximum atomic E-state index is 12.4. The zero-order chi connectivity index (χ0) is 63.3. The number of carbonyl (C=O) groups is 2. The van der Waals surface area contributed by atoms with Crippen LogP contribution < -0.4 is 0 Å². The van der Waals surface area contributed by atoms with E-state index in [1.165, 1.54) is 141 Å². The lowest BCUT2D eigenvalue weighted by molar-refractivity contribution is -0.161. The molecule has 0 rings (SSSR count). The van der Waals surface area contributed by atoms with E-state index in [0.29, 0.717) is 12.8 Å². The van der Waals surface area contributed by atoms with E-state index >= 15 is 0 Å². The second-order valence-corrected chi connectivity index (χ2v) is 23.6. The first kappa shape index (κ1) is 83.0. The second-order valence-electron chi connectivity index (χ2n) is 23.6. The van der Waals surface area contributed by atoms with Crippen molar-refractivity contribution in [2.75, 3.05) is 13.2 Å². The average Bonchev–Trinajstić information content (AvgIpc) is 3.54. The molecule has 0 aromatic rings. The molecule has 1 N–H and O–H groups in total. The molecule has 0 aliphatic carbocycles. The largest absolute Gasteiger partial charge is 0.462 e. The Kier molecular flexibility index (Phi) is 71.9. The summed E-state index contributed by atoms with van der Waals surface area (Å²) in [5.74, 6) is -0.601. The van der Waals surface area contributed by atoms with Gasteiger partial charge in [0, 0.05) is 12.8 Å². The molecule has 1 atom stereocenters. The van der Waals surface area contributed by atoms with Crippen molar-refractivity contribution in [3.63, 3.8) is 0 Å². The molecule has 0 bridgehead atoms. The molecular formula is C83H134O5. The maximum absolute atomic E-state index is 12.4. The van der Waals surface area contributed by atoms with Gasteiger partial charge in [-0.15, -0.1) is 0 Å². The van der Waals surface area contributed by atoms with Gasteiger partial charge in [0.15, 0.2) is 6.10 Å². The number of ether oxygens (including phenoxy) is 2. The van der Waals surface area contributed by atoms with E-state index < -0.39 is 6.10 Å². The van der Waals surface area contributed by atoms with E-state index in [2.05, 4.69) is 196 Å². The van der Waals surface area contributed by atoms with Gasteiger partial charge in [-0.3, -0.25) is 9.59 Å². The van der Waals surface area contributed by atoms with Crippen LogP contribution in [0.1, 0.15) is 309 Å². The molecule has 0 aliphatic heterocycles. The number of hydrogen-bond donors (Lipinski definition) is 1. The van der Waals surface area contributed by atoms with Crippen molar-refractivity contribution in [2.45, 2.75) is 315 Å². The van der Waals surface area contributed by atoms with Gasteiger partial charge in [-0.25, -0.2) is 0 Å². The molecule has 0 heterocycles.